The van der Waals surface area contributed by atoms with E-state index in [-0.39, 0.29) is 24.0 Å². The van der Waals surface area contributed by atoms with Gasteiger partial charge in [-0.05, 0) is 30.2 Å². The van der Waals surface area contributed by atoms with E-state index >= 15 is 0 Å². The van der Waals surface area contributed by atoms with Crippen LogP contribution in [-0.2, 0) is 11.2 Å². The standard InChI is InChI=1S/C20H21FN2O5/c21-14-3-1-12(2-4-14)9-13-10-15(23-20-18(13)27-7-8-28-20)19(25)22-16-11-26-6-5-17(16)24/h1-4,10,16-17,24H,5-9,11H2,(H,22,25)/t16-,17+/m1/s1. The Labute approximate surface area is 161 Å². The molecule has 0 spiro atoms. The van der Waals surface area contributed by atoms with Crippen LogP contribution in [0.5, 0.6) is 11.6 Å². The molecule has 1 saturated heterocycles. The van der Waals surface area contributed by atoms with Crippen LogP contribution in [0.4, 0.5) is 4.39 Å². The van der Waals surface area contributed by atoms with Crippen molar-refractivity contribution in [2.75, 3.05) is 26.4 Å². The number of fused-ring (bicyclic) bond motifs is 1. The normalized spacial score (nSPS) is 21.2. The maximum Gasteiger partial charge on any atom is 0.270 e. The fraction of sp³-hybridized carbons (Fsp3) is 0.400. The van der Waals surface area contributed by atoms with Gasteiger partial charge in [-0.25, -0.2) is 9.37 Å². The summed E-state index contributed by atoms with van der Waals surface area (Å²) in [5.41, 5.74) is 1.76. The minimum Gasteiger partial charge on any atom is -0.484 e. The number of rotatable bonds is 4. The van der Waals surface area contributed by atoms with Crippen molar-refractivity contribution >= 4 is 5.91 Å². The third-order valence-corrected chi connectivity index (χ3v) is 4.76. The summed E-state index contributed by atoms with van der Waals surface area (Å²) in [6, 6.07) is 7.29. The van der Waals surface area contributed by atoms with E-state index in [1.807, 2.05) is 0 Å². The largest absolute Gasteiger partial charge is 0.484 e. The number of aliphatic hydroxyl groups excluding tert-OH is 1. The summed E-state index contributed by atoms with van der Waals surface area (Å²) in [6.45, 7) is 1.45. The van der Waals surface area contributed by atoms with Crippen molar-refractivity contribution in [3.05, 3.63) is 53.0 Å². The van der Waals surface area contributed by atoms with Gasteiger partial charge in [0.05, 0.1) is 18.8 Å². The average molecular weight is 388 g/mol. The Morgan fingerprint density at radius 3 is 2.79 bits per heavy atom. The van der Waals surface area contributed by atoms with Crippen molar-refractivity contribution in [3.8, 4) is 11.6 Å². The molecule has 2 N–H and O–H groups in total. The second kappa shape index (κ2) is 8.12. The predicted molar refractivity (Wildman–Crippen MR) is 97.1 cm³/mol. The number of nitrogens with one attached hydrogen (secondary N) is 1. The number of hydrogen-bond acceptors (Lipinski definition) is 6. The molecule has 1 fully saturated rings. The van der Waals surface area contributed by atoms with Gasteiger partial charge in [0.25, 0.3) is 11.8 Å². The number of ether oxygens (including phenoxy) is 3. The molecule has 0 unspecified atom stereocenters. The average Bonchev–Trinajstić information content (AvgIpc) is 2.71. The van der Waals surface area contributed by atoms with Gasteiger partial charge in [-0.2, -0.15) is 0 Å². The Morgan fingerprint density at radius 2 is 2.00 bits per heavy atom. The lowest BCUT2D eigenvalue weighted by atomic mass is 10.0. The number of aliphatic hydroxyl groups is 1. The van der Waals surface area contributed by atoms with E-state index in [1.165, 1.54) is 12.1 Å². The summed E-state index contributed by atoms with van der Waals surface area (Å²) in [6.07, 6.45) is 0.243. The molecular formula is C20H21FN2O5. The summed E-state index contributed by atoms with van der Waals surface area (Å²) in [5.74, 6) is 0.0184. The van der Waals surface area contributed by atoms with E-state index in [1.54, 1.807) is 18.2 Å². The minimum atomic E-state index is -0.659. The molecule has 1 amide bonds. The van der Waals surface area contributed by atoms with Gasteiger partial charge in [0, 0.05) is 18.6 Å². The first-order valence-corrected chi connectivity index (χ1v) is 9.21. The molecule has 2 aliphatic heterocycles. The molecule has 0 bridgehead atoms. The molecule has 3 heterocycles. The van der Waals surface area contributed by atoms with Crippen LogP contribution in [0.2, 0.25) is 0 Å². The number of amides is 1. The molecule has 1 aromatic heterocycles. The number of carbonyl (C=O) groups is 1. The SMILES string of the molecule is O=C(N[C@@H]1COCC[C@@H]1O)c1cc(Cc2ccc(F)cc2)c2c(n1)OCCO2. The van der Waals surface area contributed by atoms with Gasteiger partial charge in [0.1, 0.15) is 24.7 Å². The van der Waals surface area contributed by atoms with Crippen LogP contribution in [0.25, 0.3) is 0 Å². The molecule has 0 aliphatic carbocycles. The van der Waals surface area contributed by atoms with Crippen molar-refractivity contribution < 1.29 is 28.5 Å². The third kappa shape index (κ3) is 4.07. The Morgan fingerprint density at radius 1 is 1.21 bits per heavy atom. The lowest BCUT2D eigenvalue weighted by Gasteiger charge is -2.28. The summed E-state index contributed by atoms with van der Waals surface area (Å²) in [4.78, 5) is 17.0. The van der Waals surface area contributed by atoms with Crippen molar-refractivity contribution in [3.63, 3.8) is 0 Å². The quantitative estimate of drug-likeness (QED) is 0.824. The van der Waals surface area contributed by atoms with Crippen molar-refractivity contribution in [1.82, 2.24) is 10.3 Å². The molecule has 2 atom stereocenters. The zero-order chi connectivity index (χ0) is 19.5. The fourth-order valence-corrected chi connectivity index (χ4v) is 3.27. The van der Waals surface area contributed by atoms with Crippen LogP contribution in [0.3, 0.4) is 0 Å². The van der Waals surface area contributed by atoms with E-state index in [9.17, 15) is 14.3 Å². The van der Waals surface area contributed by atoms with Gasteiger partial charge in [-0.15, -0.1) is 0 Å². The topological polar surface area (TPSA) is 89.9 Å². The zero-order valence-corrected chi connectivity index (χ0v) is 15.2. The second-order valence-corrected chi connectivity index (χ2v) is 6.81. The Hall–Kier alpha value is -2.71. The van der Waals surface area contributed by atoms with Crippen LogP contribution in [0.1, 0.15) is 28.0 Å². The molecule has 8 heteroatoms. The molecule has 2 aromatic rings. The number of aromatic nitrogens is 1. The maximum absolute atomic E-state index is 13.2. The number of hydrogen-bond donors (Lipinski definition) is 2. The van der Waals surface area contributed by atoms with Gasteiger partial charge in [0.15, 0.2) is 5.75 Å². The molecule has 148 valence electrons. The highest BCUT2D eigenvalue weighted by Crippen LogP contribution is 2.34. The Balaban J connectivity index is 1.60. The first kappa shape index (κ1) is 18.6. The molecule has 2 aliphatic rings. The molecule has 0 saturated carbocycles. The van der Waals surface area contributed by atoms with E-state index in [4.69, 9.17) is 14.2 Å². The predicted octanol–water partition coefficient (Wildman–Crippen LogP) is 1.46. The lowest BCUT2D eigenvalue weighted by Crippen LogP contribution is -2.49. The van der Waals surface area contributed by atoms with E-state index in [0.717, 1.165) is 11.1 Å². The molecular weight excluding hydrogens is 367 g/mol. The number of carbonyl (C=O) groups excluding carboxylic acids is 1. The first-order chi connectivity index (χ1) is 13.6. The molecule has 7 nitrogen and oxygen atoms in total. The Bertz CT molecular complexity index is 858. The van der Waals surface area contributed by atoms with Crippen molar-refractivity contribution in [2.24, 2.45) is 0 Å². The monoisotopic (exact) mass is 388 g/mol. The van der Waals surface area contributed by atoms with Gasteiger partial charge < -0.3 is 24.6 Å². The number of benzene rings is 1. The lowest BCUT2D eigenvalue weighted by molar-refractivity contribution is -0.0140. The summed E-state index contributed by atoms with van der Waals surface area (Å²) in [5, 5.41) is 12.8. The second-order valence-electron chi connectivity index (χ2n) is 6.81. The van der Waals surface area contributed by atoms with Gasteiger partial charge in [-0.3, -0.25) is 4.79 Å². The number of nitrogens with zero attached hydrogens (tertiary/aromatic N) is 1. The van der Waals surface area contributed by atoms with Crippen LogP contribution >= 0.6 is 0 Å². The first-order valence-electron chi connectivity index (χ1n) is 9.21. The summed E-state index contributed by atoms with van der Waals surface area (Å²) < 4.78 is 29.8. The molecule has 0 radical (unpaired) electrons. The highest BCUT2D eigenvalue weighted by molar-refractivity contribution is 5.93. The smallest absolute Gasteiger partial charge is 0.270 e. The summed E-state index contributed by atoms with van der Waals surface area (Å²) >= 11 is 0. The van der Waals surface area contributed by atoms with Crippen molar-refractivity contribution in [2.45, 2.75) is 25.0 Å². The number of pyridine rings is 1. The van der Waals surface area contributed by atoms with Crippen LogP contribution in [0, 0.1) is 5.82 Å². The van der Waals surface area contributed by atoms with Gasteiger partial charge >= 0.3 is 0 Å². The van der Waals surface area contributed by atoms with E-state index < -0.39 is 18.1 Å². The van der Waals surface area contributed by atoms with E-state index in [2.05, 4.69) is 10.3 Å². The summed E-state index contributed by atoms with van der Waals surface area (Å²) in [7, 11) is 0. The van der Waals surface area contributed by atoms with Gasteiger partial charge in [-0.1, -0.05) is 12.1 Å². The molecule has 4 rings (SSSR count). The van der Waals surface area contributed by atoms with Crippen LogP contribution < -0.4 is 14.8 Å². The Kier molecular flexibility index (Phi) is 5.40. The highest BCUT2D eigenvalue weighted by Gasteiger charge is 2.28. The fourth-order valence-electron chi connectivity index (χ4n) is 3.27. The minimum absolute atomic E-state index is 0.166. The maximum atomic E-state index is 13.2. The van der Waals surface area contributed by atoms with Gasteiger partial charge in [0.2, 0.25) is 0 Å². The van der Waals surface area contributed by atoms with Crippen LogP contribution in [-0.4, -0.2) is 54.6 Å². The third-order valence-electron chi connectivity index (χ3n) is 4.76. The van der Waals surface area contributed by atoms with Crippen molar-refractivity contribution in [1.29, 1.82) is 0 Å². The highest BCUT2D eigenvalue weighted by atomic mass is 19.1. The number of halogens is 1. The molecule has 28 heavy (non-hydrogen) atoms. The van der Waals surface area contributed by atoms with E-state index in [0.29, 0.717) is 38.4 Å². The zero-order valence-electron chi connectivity index (χ0n) is 15.2. The van der Waals surface area contributed by atoms with Crippen LogP contribution in [0.15, 0.2) is 30.3 Å². The molecule has 1 aromatic carbocycles.